The summed E-state index contributed by atoms with van der Waals surface area (Å²) in [6.07, 6.45) is -3.70. The summed E-state index contributed by atoms with van der Waals surface area (Å²) in [7, 11) is 1.17. The number of urea groups is 1. The highest BCUT2D eigenvalue weighted by atomic mass is 19.4. The maximum Gasteiger partial charge on any atom is 0.416 e. The van der Waals surface area contributed by atoms with Gasteiger partial charge < -0.3 is 15.3 Å². The van der Waals surface area contributed by atoms with E-state index in [0.717, 1.165) is 27.8 Å². The number of alkyl halides is 3. The minimum atomic E-state index is -4.67. The molecule has 1 aliphatic rings. The van der Waals surface area contributed by atoms with Gasteiger partial charge >= 0.3 is 23.9 Å². The number of carbonyl (C=O) groups excluding carboxylic acids is 2. The molecule has 14 heteroatoms. The topological polar surface area (TPSA) is 134 Å². The molecule has 0 radical (unpaired) electrons. The number of amides is 3. The molecule has 1 aromatic heterocycles. The van der Waals surface area contributed by atoms with Crippen LogP contribution in [0, 0.1) is 6.92 Å². The molecule has 0 bridgehead atoms. The highest BCUT2D eigenvalue weighted by Gasteiger charge is 2.33. The number of hydrogen-bond acceptors (Lipinski definition) is 5. The molecule has 1 atom stereocenters. The lowest BCUT2D eigenvalue weighted by Gasteiger charge is -2.22. The number of nitrogens with one attached hydrogen (secondary N) is 1. The Labute approximate surface area is 231 Å². The van der Waals surface area contributed by atoms with E-state index in [4.69, 9.17) is 0 Å². The fraction of sp³-hybridized carbons (Fsp3) is 0.296. The van der Waals surface area contributed by atoms with Crippen LogP contribution in [0.5, 0.6) is 0 Å². The summed E-state index contributed by atoms with van der Waals surface area (Å²) in [5.74, 6) is -2.34. The fourth-order valence-corrected chi connectivity index (χ4v) is 4.45. The Morgan fingerprint density at radius 1 is 1.07 bits per heavy atom. The van der Waals surface area contributed by atoms with Crippen LogP contribution >= 0.6 is 0 Å². The number of carbonyl (C=O) groups is 3. The van der Waals surface area contributed by atoms with E-state index < -0.39 is 53.0 Å². The van der Waals surface area contributed by atoms with Crippen molar-refractivity contribution in [3.8, 4) is 5.69 Å². The lowest BCUT2D eigenvalue weighted by molar-refractivity contribution is -0.141. The van der Waals surface area contributed by atoms with E-state index in [9.17, 15) is 42.3 Å². The van der Waals surface area contributed by atoms with Crippen LogP contribution in [0.15, 0.2) is 58.3 Å². The van der Waals surface area contributed by atoms with Gasteiger partial charge in [0, 0.05) is 32.0 Å². The van der Waals surface area contributed by atoms with Gasteiger partial charge in [0.15, 0.2) is 0 Å². The first-order chi connectivity index (χ1) is 19.2. The summed E-state index contributed by atoms with van der Waals surface area (Å²) >= 11 is 0. The van der Waals surface area contributed by atoms with Crippen LogP contribution in [0.25, 0.3) is 5.69 Å². The van der Waals surface area contributed by atoms with Crippen LogP contribution in [0.2, 0.25) is 0 Å². The number of hydrogen-bond donors (Lipinski definition) is 2. The van der Waals surface area contributed by atoms with Gasteiger partial charge in [-0.15, -0.1) is 0 Å². The lowest BCUT2D eigenvalue weighted by Crippen LogP contribution is -2.47. The van der Waals surface area contributed by atoms with Crippen LogP contribution in [0.3, 0.4) is 0 Å². The lowest BCUT2D eigenvalue weighted by atomic mass is 10.0. The molecule has 3 amide bonds. The van der Waals surface area contributed by atoms with Gasteiger partial charge in [0.1, 0.15) is 11.6 Å². The first kappa shape index (κ1) is 29.1. The van der Waals surface area contributed by atoms with Crippen LogP contribution in [0.1, 0.15) is 34.0 Å². The predicted molar refractivity (Wildman–Crippen MR) is 142 cm³/mol. The first-order valence-electron chi connectivity index (χ1n) is 12.4. The average Bonchev–Trinajstić information content (AvgIpc) is 3.36. The van der Waals surface area contributed by atoms with E-state index >= 15 is 0 Å². The summed E-state index contributed by atoms with van der Waals surface area (Å²) in [6, 6.07) is 7.80. The molecular formula is C27H26F3N5O6. The van der Waals surface area contributed by atoms with Gasteiger partial charge in [-0.25, -0.2) is 14.4 Å². The highest BCUT2D eigenvalue weighted by molar-refractivity contribution is 5.96. The summed E-state index contributed by atoms with van der Waals surface area (Å²) in [6.45, 7) is 2.73. The van der Waals surface area contributed by atoms with Gasteiger partial charge in [-0.1, -0.05) is 12.1 Å². The fourth-order valence-electron chi connectivity index (χ4n) is 4.45. The van der Waals surface area contributed by atoms with Crippen molar-refractivity contribution < 1.29 is 32.7 Å². The first-order valence-corrected chi connectivity index (χ1v) is 12.4. The Kier molecular flexibility index (Phi) is 7.77. The summed E-state index contributed by atoms with van der Waals surface area (Å²) in [5, 5.41) is 12.0. The Morgan fingerprint density at radius 2 is 1.71 bits per heavy atom. The van der Waals surface area contributed by atoms with E-state index in [1.54, 1.807) is 12.1 Å². The number of carboxylic acid groups (broad SMARTS) is 1. The van der Waals surface area contributed by atoms with Gasteiger partial charge in [0.2, 0.25) is 0 Å². The molecule has 11 nitrogen and oxygen atoms in total. The Morgan fingerprint density at radius 3 is 2.27 bits per heavy atom. The maximum atomic E-state index is 13.6. The van der Waals surface area contributed by atoms with E-state index in [0.29, 0.717) is 23.3 Å². The smallest absolute Gasteiger partial charge is 0.416 e. The second kappa shape index (κ2) is 10.9. The minimum Gasteiger partial charge on any atom is -0.480 e. The van der Waals surface area contributed by atoms with Crippen molar-refractivity contribution in [3.05, 3.63) is 91.8 Å². The van der Waals surface area contributed by atoms with Crippen LogP contribution < -0.4 is 21.5 Å². The second-order valence-corrected chi connectivity index (χ2v) is 9.50. The number of benzene rings is 2. The molecule has 1 unspecified atom stereocenters. The highest BCUT2D eigenvalue weighted by Crippen LogP contribution is 2.33. The monoisotopic (exact) mass is 573 g/mol. The molecule has 41 heavy (non-hydrogen) atoms. The molecule has 1 saturated heterocycles. The molecule has 2 N–H and O–H groups in total. The summed E-state index contributed by atoms with van der Waals surface area (Å²) in [4.78, 5) is 66.1. The zero-order valence-electron chi connectivity index (χ0n) is 22.2. The molecule has 2 heterocycles. The van der Waals surface area contributed by atoms with E-state index in [-0.39, 0.29) is 22.8 Å². The van der Waals surface area contributed by atoms with Crippen LogP contribution in [-0.2, 0) is 17.5 Å². The van der Waals surface area contributed by atoms with Crippen molar-refractivity contribution in [2.45, 2.75) is 32.6 Å². The normalized spacial score (nSPS) is 14.1. The largest absolute Gasteiger partial charge is 0.480 e. The molecule has 1 aliphatic heterocycles. The number of anilines is 1. The zero-order valence-corrected chi connectivity index (χ0v) is 22.2. The molecule has 0 saturated carbocycles. The van der Waals surface area contributed by atoms with Gasteiger partial charge in [-0.05, 0) is 55.3 Å². The van der Waals surface area contributed by atoms with E-state index in [2.05, 4.69) is 5.32 Å². The van der Waals surface area contributed by atoms with Gasteiger partial charge in [0.05, 0.1) is 17.8 Å². The van der Waals surface area contributed by atoms with Crippen molar-refractivity contribution in [2.24, 2.45) is 0 Å². The van der Waals surface area contributed by atoms with Crippen molar-refractivity contribution in [3.63, 3.8) is 0 Å². The Bertz CT molecular complexity index is 1650. The maximum absolute atomic E-state index is 13.6. The molecule has 0 spiro atoms. The molecular weight excluding hydrogens is 547 g/mol. The predicted octanol–water partition coefficient (Wildman–Crippen LogP) is 2.45. The number of likely N-dealkylation sites (N-methyl/N-ethyl adjacent to an activating group) is 1. The molecule has 2 aromatic carbocycles. The van der Waals surface area contributed by atoms with Gasteiger partial charge in [-0.2, -0.15) is 13.2 Å². The third-order valence-electron chi connectivity index (χ3n) is 7.04. The second-order valence-electron chi connectivity index (χ2n) is 9.50. The van der Waals surface area contributed by atoms with Crippen LogP contribution in [0.4, 0.5) is 23.7 Å². The summed E-state index contributed by atoms with van der Waals surface area (Å²) in [5.41, 5.74) is -2.99. The number of aliphatic carboxylic acids is 1. The Balaban J connectivity index is 1.88. The number of rotatable bonds is 7. The number of nitrogens with zero attached hydrogens (tertiary/aromatic N) is 4. The molecule has 4 rings (SSSR count). The zero-order chi connectivity index (χ0) is 30.2. The van der Waals surface area contributed by atoms with Gasteiger partial charge in [0.25, 0.3) is 11.5 Å². The van der Waals surface area contributed by atoms with Crippen molar-refractivity contribution >= 4 is 23.6 Å². The van der Waals surface area contributed by atoms with E-state index in [1.807, 2.05) is 0 Å². The number of halogens is 3. The number of aromatic nitrogens is 2. The molecule has 1 fully saturated rings. The van der Waals surface area contributed by atoms with E-state index in [1.165, 1.54) is 44.0 Å². The average molecular weight is 574 g/mol. The minimum absolute atomic E-state index is 0.0258. The molecule has 0 aliphatic carbocycles. The SMILES string of the molecule is Cc1c(Cn2c(=O)c(C(=O)N(C)C(C)C(=O)O)cn(-c3ccc(N4CCNC4=O)cc3)c2=O)cccc1C(F)(F)F. The summed E-state index contributed by atoms with van der Waals surface area (Å²) < 4.78 is 42.2. The van der Waals surface area contributed by atoms with Crippen molar-refractivity contribution in [2.75, 3.05) is 25.0 Å². The quantitative estimate of drug-likeness (QED) is 0.446. The standard InChI is InChI=1S/C27H26F3N5O6/c1-15-17(5-4-6-21(15)27(28,29)30)13-35-23(37)20(22(36)32(3)16(2)24(38)39)14-34(26(35)41)19-9-7-18(8-10-19)33-12-11-31-25(33)40/h4-10,14,16H,11-13H2,1-3H3,(H,31,40)(H,38,39). The molecule has 3 aromatic rings. The third-order valence-corrected chi connectivity index (χ3v) is 7.04. The molecule has 216 valence electrons. The van der Waals surface area contributed by atoms with Crippen molar-refractivity contribution in [1.29, 1.82) is 0 Å². The third kappa shape index (κ3) is 5.58. The van der Waals surface area contributed by atoms with Crippen molar-refractivity contribution in [1.82, 2.24) is 19.4 Å². The van der Waals surface area contributed by atoms with Gasteiger partial charge in [-0.3, -0.25) is 23.6 Å². The Hall–Kier alpha value is -4.88. The number of carboxylic acids is 1. The van der Waals surface area contributed by atoms with Crippen LogP contribution in [-0.4, -0.2) is 63.2 Å².